The summed E-state index contributed by atoms with van der Waals surface area (Å²) in [6.45, 7) is 3.57. The van der Waals surface area contributed by atoms with Crippen LogP contribution in [0.5, 0.6) is 0 Å². The van der Waals surface area contributed by atoms with Crippen molar-refractivity contribution in [2.75, 3.05) is 23.5 Å². The fourth-order valence-electron chi connectivity index (χ4n) is 3.70. The number of aliphatic hydroxyl groups excluding tert-OH is 1. The van der Waals surface area contributed by atoms with Crippen LogP contribution in [-0.4, -0.2) is 33.9 Å². The number of hydrogen-bond acceptors (Lipinski definition) is 7. The van der Waals surface area contributed by atoms with Crippen LogP contribution in [0.25, 0.3) is 5.70 Å². The zero-order chi connectivity index (χ0) is 28.2. The Morgan fingerprint density at radius 1 is 1.26 bits per heavy atom. The molecule has 0 saturated heterocycles. The average Bonchev–Trinajstić information content (AvgIpc) is 3.18. The molecule has 0 bridgehead atoms. The van der Waals surface area contributed by atoms with Gasteiger partial charge in [0.05, 0.1) is 34.8 Å². The largest absolute Gasteiger partial charge is 0.417 e. The number of hydrazine groups is 1. The minimum Gasteiger partial charge on any atom is -0.397 e. The number of carbonyl (C=O) groups is 1. The van der Waals surface area contributed by atoms with Crippen LogP contribution in [0.3, 0.4) is 0 Å². The first-order valence-corrected chi connectivity index (χ1v) is 11.8. The van der Waals surface area contributed by atoms with E-state index in [1.807, 2.05) is 6.92 Å². The highest BCUT2D eigenvalue weighted by atomic mass is 35.5. The summed E-state index contributed by atoms with van der Waals surface area (Å²) in [5, 5.41) is 19.2. The third kappa shape index (κ3) is 6.64. The van der Waals surface area contributed by atoms with E-state index in [0.717, 1.165) is 17.3 Å². The summed E-state index contributed by atoms with van der Waals surface area (Å²) in [5.41, 5.74) is 8.40. The van der Waals surface area contributed by atoms with Gasteiger partial charge in [0.25, 0.3) is 5.91 Å². The second-order valence-corrected chi connectivity index (χ2v) is 8.99. The lowest BCUT2D eigenvalue weighted by Crippen LogP contribution is -2.27. The van der Waals surface area contributed by atoms with Gasteiger partial charge < -0.3 is 21.5 Å². The van der Waals surface area contributed by atoms with Crippen LogP contribution in [0.2, 0.25) is 5.02 Å². The van der Waals surface area contributed by atoms with Gasteiger partial charge in [-0.2, -0.15) is 18.3 Å². The molecule has 13 heteroatoms. The van der Waals surface area contributed by atoms with Gasteiger partial charge in [-0.25, -0.2) is 5.84 Å². The highest BCUT2D eigenvalue weighted by Crippen LogP contribution is 2.38. The number of nitrogens with zero attached hydrogens (tertiary/aromatic N) is 3. The third-order valence-corrected chi connectivity index (χ3v) is 6.34. The molecule has 0 fully saturated rings. The molecule has 3 aromatic rings. The molecule has 0 saturated carbocycles. The average molecular weight is 552 g/mol. The van der Waals surface area contributed by atoms with Gasteiger partial charge in [0.2, 0.25) is 0 Å². The Kier molecular flexibility index (Phi) is 9.05. The van der Waals surface area contributed by atoms with Crippen LogP contribution in [0.4, 0.5) is 24.5 Å². The lowest BCUT2D eigenvalue weighted by Gasteiger charge is -2.19. The summed E-state index contributed by atoms with van der Waals surface area (Å²) >= 11 is 5.99. The summed E-state index contributed by atoms with van der Waals surface area (Å²) in [4.78, 5) is 13.0. The number of aryl methyl sites for hydroxylation is 2. The lowest BCUT2D eigenvalue weighted by atomic mass is 10.1. The number of aliphatic hydroxyl groups is 1. The number of nitrogens with two attached hydrogens (primary N) is 2. The second kappa shape index (κ2) is 11.9. The van der Waals surface area contributed by atoms with E-state index < -0.39 is 22.7 Å². The van der Waals surface area contributed by atoms with Gasteiger partial charge in [-0.1, -0.05) is 17.7 Å². The first-order chi connectivity index (χ1) is 17.8. The van der Waals surface area contributed by atoms with Crippen molar-refractivity contribution >= 4 is 34.6 Å². The van der Waals surface area contributed by atoms with Gasteiger partial charge in [-0.3, -0.25) is 14.5 Å². The van der Waals surface area contributed by atoms with Crippen LogP contribution in [0.15, 0.2) is 42.7 Å². The monoisotopic (exact) mass is 551 g/mol. The molecule has 204 valence electrons. The molecule has 1 amide bonds. The van der Waals surface area contributed by atoms with Gasteiger partial charge in [0.15, 0.2) is 0 Å². The summed E-state index contributed by atoms with van der Waals surface area (Å²) in [6.07, 6.45) is -1.63. The molecule has 38 heavy (non-hydrogen) atoms. The van der Waals surface area contributed by atoms with Crippen molar-refractivity contribution in [1.82, 2.24) is 15.1 Å². The number of halogens is 4. The van der Waals surface area contributed by atoms with Crippen LogP contribution in [0, 0.1) is 13.8 Å². The van der Waals surface area contributed by atoms with Gasteiger partial charge in [0, 0.05) is 48.8 Å². The smallest absolute Gasteiger partial charge is 0.397 e. The molecule has 3 rings (SSSR count). The van der Waals surface area contributed by atoms with Crippen molar-refractivity contribution in [3.63, 3.8) is 0 Å². The second-order valence-electron chi connectivity index (χ2n) is 8.61. The van der Waals surface area contributed by atoms with E-state index in [4.69, 9.17) is 28.3 Å². The third-order valence-electron chi connectivity index (χ3n) is 5.89. The zero-order valence-corrected chi connectivity index (χ0v) is 21.8. The van der Waals surface area contributed by atoms with Crippen molar-refractivity contribution in [3.8, 4) is 0 Å². The number of rotatable bonds is 9. The molecule has 2 aromatic carbocycles. The maximum absolute atomic E-state index is 13.6. The summed E-state index contributed by atoms with van der Waals surface area (Å²) < 4.78 is 42.5. The Labute approximate surface area is 222 Å². The molecule has 9 nitrogen and oxygen atoms in total. The van der Waals surface area contributed by atoms with E-state index in [1.54, 1.807) is 30.9 Å². The van der Waals surface area contributed by atoms with Gasteiger partial charge in [-0.15, -0.1) is 0 Å². The van der Waals surface area contributed by atoms with E-state index in [-0.39, 0.29) is 36.5 Å². The molecule has 0 radical (unpaired) electrons. The molecule has 0 aliphatic heterocycles. The lowest BCUT2D eigenvalue weighted by molar-refractivity contribution is -0.137. The van der Waals surface area contributed by atoms with Gasteiger partial charge in [0.1, 0.15) is 0 Å². The first-order valence-electron chi connectivity index (χ1n) is 11.5. The number of hydrogen-bond donors (Lipinski definition) is 5. The molecule has 0 unspecified atom stereocenters. The zero-order valence-electron chi connectivity index (χ0n) is 21.0. The van der Waals surface area contributed by atoms with Crippen LogP contribution in [0.1, 0.15) is 38.3 Å². The van der Waals surface area contributed by atoms with Gasteiger partial charge in [-0.05, 0) is 49.2 Å². The highest BCUT2D eigenvalue weighted by Gasteiger charge is 2.34. The Morgan fingerprint density at radius 3 is 2.58 bits per heavy atom. The Morgan fingerprint density at radius 2 is 1.97 bits per heavy atom. The predicted octanol–water partition coefficient (Wildman–Crippen LogP) is 3.68. The maximum Gasteiger partial charge on any atom is 0.417 e. The number of benzene rings is 2. The van der Waals surface area contributed by atoms with E-state index in [9.17, 15) is 18.0 Å². The molecular weight excluding hydrogens is 523 g/mol. The summed E-state index contributed by atoms with van der Waals surface area (Å²) in [7, 11) is 1.78. The molecule has 0 atom stereocenters. The van der Waals surface area contributed by atoms with Crippen LogP contribution in [-0.2, 0) is 19.8 Å². The van der Waals surface area contributed by atoms with Crippen molar-refractivity contribution < 1.29 is 23.1 Å². The first kappa shape index (κ1) is 29.0. The number of aromatic nitrogens is 2. The Balaban J connectivity index is 1.89. The number of anilines is 2. The van der Waals surface area contributed by atoms with Crippen LogP contribution >= 0.6 is 11.6 Å². The molecule has 0 spiro atoms. The van der Waals surface area contributed by atoms with Crippen molar-refractivity contribution in [1.29, 1.82) is 0 Å². The molecule has 1 aromatic heterocycles. The fraction of sp³-hybridized carbons (Fsp3) is 0.280. The van der Waals surface area contributed by atoms with E-state index in [2.05, 4.69) is 15.7 Å². The minimum atomic E-state index is -4.74. The van der Waals surface area contributed by atoms with Crippen molar-refractivity contribution in [2.45, 2.75) is 26.6 Å². The Hall–Kier alpha value is -3.58. The minimum absolute atomic E-state index is 0.0346. The van der Waals surface area contributed by atoms with E-state index in [1.165, 1.54) is 29.4 Å². The number of nitrogens with one attached hydrogen (secondary N) is 2. The topological polar surface area (TPSA) is 134 Å². The molecule has 0 aliphatic rings. The predicted molar refractivity (Wildman–Crippen MR) is 141 cm³/mol. The number of alkyl halides is 3. The SMILES string of the molecule is Cc1ccc(C(=O)Nc2cc(CNCCO)c(Cl)c(C(F)(F)F)c2)cc1N(N)/C=C(\N)c1cnn(C)c1C. The summed E-state index contributed by atoms with van der Waals surface area (Å²) in [6, 6.07) is 6.83. The Bertz CT molecular complexity index is 1360. The van der Waals surface area contributed by atoms with Crippen LogP contribution < -0.4 is 27.2 Å². The van der Waals surface area contributed by atoms with Crippen molar-refractivity contribution in [2.24, 2.45) is 18.6 Å². The fourth-order valence-corrected chi connectivity index (χ4v) is 3.98. The molecule has 7 N–H and O–H groups in total. The quantitative estimate of drug-likeness (QED) is 0.155. The number of amides is 1. The van der Waals surface area contributed by atoms with E-state index in [0.29, 0.717) is 16.9 Å². The highest BCUT2D eigenvalue weighted by molar-refractivity contribution is 6.32. The summed E-state index contributed by atoms with van der Waals surface area (Å²) in [5.74, 6) is 5.58. The van der Waals surface area contributed by atoms with Gasteiger partial charge >= 0.3 is 6.18 Å². The molecule has 1 heterocycles. The normalized spacial score (nSPS) is 12.1. The molecular formula is C25H29ClF3N7O2. The molecule has 0 aliphatic carbocycles. The van der Waals surface area contributed by atoms with E-state index >= 15 is 0 Å². The standard InChI is InChI=1S/C25H29ClF3N7O2/c1-14-4-5-16(9-22(14)36(31)13-21(30)19-12-33-35(3)15(19)2)24(38)34-18-8-17(11-32-6-7-37)23(26)20(10-18)25(27,28)29/h4-5,8-10,12-13,32,37H,6-7,11,30-31H2,1-3H3,(H,34,38)/b21-13-. The number of carbonyl (C=O) groups excluding carboxylic acids is 1. The maximum atomic E-state index is 13.6. The van der Waals surface area contributed by atoms with Crippen molar-refractivity contribution in [3.05, 3.63) is 81.3 Å².